The first-order chi connectivity index (χ1) is 9.20. The summed E-state index contributed by atoms with van der Waals surface area (Å²) in [5.41, 5.74) is 6.78. The summed E-state index contributed by atoms with van der Waals surface area (Å²) >= 11 is 0. The molecule has 2 rings (SSSR count). The second-order valence-corrected chi connectivity index (χ2v) is 6.21. The van der Waals surface area contributed by atoms with Crippen LogP contribution in [0.15, 0.2) is 23.2 Å². The van der Waals surface area contributed by atoms with Crippen LogP contribution in [0.5, 0.6) is 0 Å². The van der Waals surface area contributed by atoms with Gasteiger partial charge in [0.2, 0.25) is 0 Å². The summed E-state index contributed by atoms with van der Waals surface area (Å²) in [6.45, 7) is 3.15. The molecule has 0 saturated carbocycles. The predicted molar refractivity (Wildman–Crippen MR) is 74.3 cm³/mol. The van der Waals surface area contributed by atoms with Crippen molar-refractivity contribution in [3.05, 3.63) is 35.4 Å². The zero-order chi connectivity index (χ0) is 15.1. The summed E-state index contributed by atoms with van der Waals surface area (Å²) in [4.78, 5) is -0.221. The molecule has 0 aliphatic carbocycles. The second kappa shape index (κ2) is 4.78. The molecule has 2 aromatic rings. The second-order valence-electron chi connectivity index (χ2n) is 4.53. The quantitative estimate of drug-likeness (QED) is 0.841. The molecule has 6 nitrogen and oxygen atoms in total. The molecule has 0 amide bonds. The van der Waals surface area contributed by atoms with Gasteiger partial charge in [-0.2, -0.15) is 5.10 Å². The maximum Gasteiger partial charge on any atom is 0.262 e. The fraction of sp³-hybridized carbons (Fsp3) is 0.250. The average Bonchev–Trinajstić information content (AvgIpc) is 2.63. The minimum Gasteiger partial charge on any atom is -0.398 e. The molecule has 20 heavy (non-hydrogen) atoms. The molecule has 108 valence electrons. The van der Waals surface area contributed by atoms with E-state index in [1.807, 2.05) is 0 Å². The van der Waals surface area contributed by atoms with E-state index >= 15 is 0 Å². The van der Waals surface area contributed by atoms with Gasteiger partial charge in [-0.05, 0) is 26.0 Å². The highest BCUT2D eigenvalue weighted by Crippen LogP contribution is 2.23. The Bertz CT molecular complexity index is 745. The Morgan fingerprint density at radius 3 is 2.50 bits per heavy atom. The van der Waals surface area contributed by atoms with Gasteiger partial charge in [0, 0.05) is 24.5 Å². The topological polar surface area (TPSA) is 90.0 Å². The lowest BCUT2D eigenvalue weighted by atomic mass is 10.2. The van der Waals surface area contributed by atoms with Crippen molar-refractivity contribution in [3.63, 3.8) is 0 Å². The number of sulfonamides is 1. The van der Waals surface area contributed by atoms with Crippen molar-refractivity contribution < 1.29 is 12.8 Å². The van der Waals surface area contributed by atoms with Crippen LogP contribution in [0, 0.1) is 19.7 Å². The van der Waals surface area contributed by atoms with Gasteiger partial charge < -0.3 is 5.73 Å². The first-order valence-electron chi connectivity index (χ1n) is 5.79. The molecule has 1 aromatic heterocycles. The molecular formula is C12H15FN4O2S. The summed E-state index contributed by atoms with van der Waals surface area (Å²) in [6.07, 6.45) is 1.53. The van der Waals surface area contributed by atoms with Crippen LogP contribution in [0.4, 0.5) is 15.8 Å². The summed E-state index contributed by atoms with van der Waals surface area (Å²) in [7, 11) is -2.23. The van der Waals surface area contributed by atoms with Crippen molar-refractivity contribution in [1.82, 2.24) is 9.78 Å². The average molecular weight is 298 g/mol. The Morgan fingerprint density at radius 1 is 1.35 bits per heavy atom. The van der Waals surface area contributed by atoms with Crippen LogP contribution in [-0.2, 0) is 17.1 Å². The monoisotopic (exact) mass is 298 g/mol. The van der Waals surface area contributed by atoms with E-state index in [0.29, 0.717) is 11.4 Å². The zero-order valence-corrected chi connectivity index (χ0v) is 12.1. The third-order valence-electron chi connectivity index (χ3n) is 2.93. The van der Waals surface area contributed by atoms with Gasteiger partial charge >= 0.3 is 0 Å². The van der Waals surface area contributed by atoms with Crippen molar-refractivity contribution in [3.8, 4) is 0 Å². The Labute approximate surface area is 116 Å². The van der Waals surface area contributed by atoms with Crippen molar-refractivity contribution >= 4 is 21.4 Å². The highest BCUT2D eigenvalue weighted by molar-refractivity contribution is 7.92. The van der Waals surface area contributed by atoms with Gasteiger partial charge in [-0.1, -0.05) is 0 Å². The van der Waals surface area contributed by atoms with Crippen LogP contribution < -0.4 is 10.5 Å². The van der Waals surface area contributed by atoms with Gasteiger partial charge in [-0.25, -0.2) is 12.8 Å². The Hall–Kier alpha value is -2.09. The molecule has 0 aliphatic heterocycles. The zero-order valence-electron chi connectivity index (χ0n) is 11.3. The lowest BCUT2D eigenvalue weighted by molar-refractivity contribution is 0.593. The van der Waals surface area contributed by atoms with Gasteiger partial charge in [0.1, 0.15) is 5.82 Å². The molecule has 0 radical (unpaired) electrons. The minimum atomic E-state index is -3.91. The summed E-state index contributed by atoms with van der Waals surface area (Å²) in [5, 5.41) is 4.03. The number of aryl methyl sites for hydroxylation is 2. The fourth-order valence-corrected chi connectivity index (χ4v) is 2.88. The maximum absolute atomic E-state index is 13.6. The highest BCUT2D eigenvalue weighted by Gasteiger charge is 2.19. The molecule has 1 aromatic carbocycles. The van der Waals surface area contributed by atoms with E-state index in [2.05, 4.69) is 9.82 Å². The molecule has 0 bridgehead atoms. The molecule has 0 fully saturated rings. The van der Waals surface area contributed by atoms with E-state index in [0.717, 1.165) is 6.07 Å². The predicted octanol–water partition coefficient (Wildman–Crippen LogP) is 1.56. The molecule has 0 aliphatic rings. The lowest BCUT2D eigenvalue weighted by Gasteiger charge is -2.09. The molecule has 0 saturated heterocycles. The number of nitrogens with one attached hydrogen (secondary N) is 1. The summed E-state index contributed by atoms with van der Waals surface area (Å²) in [5.74, 6) is -0.659. The van der Waals surface area contributed by atoms with Gasteiger partial charge in [0.05, 0.1) is 16.3 Å². The Morgan fingerprint density at radius 2 is 2.00 bits per heavy atom. The normalized spacial score (nSPS) is 11.6. The van der Waals surface area contributed by atoms with Crippen molar-refractivity contribution in [2.24, 2.45) is 7.05 Å². The Balaban J connectivity index is 2.43. The summed E-state index contributed by atoms with van der Waals surface area (Å²) in [6, 6.07) is 2.17. The van der Waals surface area contributed by atoms with E-state index in [-0.39, 0.29) is 16.1 Å². The third kappa shape index (κ3) is 2.60. The van der Waals surface area contributed by atoms with Crippen molar-refractivity contribution in [1.29, 1.82) is 0 Å². The Kier molecular flexibility index (Phi) is 3.43. The van der Waals surface area contributed by atoms with Crippen LogP contribution in [0.3, 0.4) is 0 Å². The van der Waals surface area contributed by atoms with Gasteiger partial charge in [0.15, 0.2) is 0 Å². The van der Waals surface area contributed by atoms with E-state index in [1.165, 1.54) is 23.9 Å². The number of aromatic nitrogens is 2. The molecule has 8 heteroatoms. The number of halogens is 1. The van der Waals surface area contributed by atoms with Crippen molar-refractivity contribution in [2.75, 3.05) is 10.5 Å². The van der Waals surface area contributed by atoms with E-state index in [1.54, 1.807) is 14.0 Å². The number of nitrogen functional groups attached to an aromatic ring is 1. The molecular weight excluding hydrogens is 283 g/mol. The van der Waals surface area contributed by atoms with Crippen LogP contribution in [0.1, 0.15) is 11.3 Å². The van der Waals surface area contributed by atoms with Gasteiger partial charge in [-0.15, -0.1) is 0 Å². The molecule has 1 heterocycles. The highest BCUT2D eigenvalue weighted by atomic mass is 32.2. The maximum atomic E-state index is 13.6. The van der Waals surface area contributed by atoms with Gasteiger partial charge in [-0.3, -0.25) is 9.40 Å². The molecule has 0 unspecified atom stereocenters. The number of rotatable bonds is 3. The van der Waals surface area contributed by atoms with E-state index in [9.17, 15) is 12.8 Å². The van der Waals surface area contributed by atoms with E-state index < -0.39 is 15.8 Å². The van der Waals surface area contributed by atoms with Gasteiger partial charge in [0.25, 0.3) is 10.0 Å². The standard InChI is InChI=1S/C12H15FN4O2S/c1-7-10(13)4-9(5-11(7)14)20(18,19)16-12-6-17(3)15-8(12)2/h4-6,16H,14H2,1-3H3. The number of benzene rings is 1. The number of nitrogens with two attached hydrogens (primary N) is 1. The summed E-state index contributed by atoms with van der Waals surface area (Å²) < 4.78 is 41.9. The third-order valence-corrected chi connectivity index (χ3v) is 4.27. The fourth-order valence-electron chi connectivity index (χ4n) is 1.73. The van der Waals surface area contributed by atoms with Crippen LogP contribution >= 0.6 is 0 Å². The SMILES string of the molecule is Cc1nn(C)cc1NS(=O)(=O)c1cc(N)c(C)c(F)c1. The molecule has 0 atom stereocenters. The first-order valence-corrected chi connectivity index (χ1v) is 7.27. The number of nitrogens with zero attached hydrogens (tertiary/aromatic N) is 2. The first kappa shape index (κ1) is 14.3. The molecule has 0 spiro atoms. The lowest BCUT2D eigenvalue weighted by Crippen LogP contribution is -2.14. The smallest absolute Gasteiger partial charge is 0.262 e. The van der Waals surface area contributed by atoms with Crippen LogP contribution in [-0.4, -0.2) is 18.2 Å². The van der Waals surface area contributed by atoms with E-state index in [4.69, 9.17) is 5.73 Å². The minimum absolute atomic E-state index is 0.0910. The number of hydrogen-bond acceptors (Lipinski definition) is 4. The van der Waals surface area contributed by atoms with Crippen LogP contribution in [0.2, 0.25) is 0 Å². The number of hydrogen-bond donors (Lipinski definition) is 2. The van der Waals surface area contributed by atoms with Crippen LogP contribution in [0.25, 0.3) is 0 Å². The number of anilines is 2. The largest absolute Gasteiger partial charge is 0.398 e. The molecule has 3 N–H and O–H groups in total. The van der Waals surface area contributed by atoms with Crippen molar-refractivity contribution in [2.45, 2.75) is 18.7 Å².